The summed E-state index contributed by atoms with van der Waals surface area (Å²) < 4.78 is 0. The van der Waals surface area contributed by atoms with Crippen LogP contribution in [0.15, 0.2) is 0 Å². The minimum atomic E-state index is -0.399. The van der Waals surface area contributed by atoms with Crippen molar-refractivity contribution in [3.63, 3.8) is 0 Å². The van der Waals surface area contributed by atoms with Gasteiger partial charge in [0.2, 0.25) is 0 Å². The minimum absolute atomic E-state index is 0.112. The van der Waals surface area contributed by atoms with Gasteiger partial charge in [-0.05, 0) is 13.3 Å². The van der Waals surface area contributed by atoms with E-state index in [1.165, 1.54) is 6.92 Å². The number of unbranched alkanes of at least 4 members (excludes halogenated alkanes) is 2. The lowest BCUT2D eigenvalue weighted by atomic mass is 10.0. The third-order valence-corrected chi connectivity index (χ3v) is 2.29. The van der Waals surface area contributed by atoms with Gasteiger partial charge >= 0.3 is 0 Å². The Kier molecular flexibility index (Phi) is 8.11. The van der Waals surface area contributed by atoms with Gasteiger partial charge in [-0.15, -0.1) is 0 Å². The highest BCUT2D eigenvalue weighted by Crippen LogP contribution is 2.04. The minimum Gasteiger partial charge on any atom is -0.300 e. The predicted octanol–water partition coefficient (Wildman–Crippen LogP) is 2.03. The highest BCUT2D eigenvalue weighted by atomic mass is 16.2. The van der Waals surface area contributed by atoms with E-state index in [4.69, 9.17) is 0 Å². The van der Waals surface area contributed by atoms with Gasteiger partial charge in [-0.3, -0.25) is 19.2 Å². The molecule has 0 saturated heterocycles. The van der Waals surface area contributed by atoms with Crippen molar-refractivity contribution >= 4 is 23.1 Å². The first kappa shape index (κ1) is 15.7. The lowest BCUT2D eigenvalue weighted by Gasteiger charge is -2.00. The molecule has 0 fully saturated rings. The van der Waals surface area contributed by atoms with Crippen LogP contribution in [0, 0.1) is 0 Å². The summed E-state index contributed by atoms with van der Waals surface area (Å²) >= 11 is 0. The van der Waals surface area contributed by atoms with E-state index >= 15 is 0 Å². The Hall–Kier alpha value is -1.32. The maximum atomic E-state index is 11.3. The fourth-order valence-corrected chi connectivity index (χ4v) is 1.50. The molecule has 0 aromatic rings. The molecule has 0 N–H and O–H groups in total. The summed E-state index contributed by atoms with van der Waals surface area (Å²) in [6.45, 7) is 3.34. The number of rotatable bonds is 10. The van der Waals surface area contributed by atoms with Gasteiger partial charge < -0.3 is 0 Å². The molecule has 17 heavy (non-hydrogen) atoms. The lowest BCUT2D eigenvalue weighted by Crippen LogP contribution is -2.14. The molecule has 0 aromatic carbocycles. The van der Waals surface area contributed by atoms with Gasteiger partial charge in [-0.2, -0.15) is 0 Å². The largest absolute Gasteiger partial charge is 0.300 e. The number of hydrogen-bond acceptors (Lipinski definition) is 4. The van der Waals surface area contributed by atoms with Crippen LogP contribution in [0.25, 0.3) is 0 Å². The van der Waals surface area contributed by atoms with Gasteiger partial charge in [-0.25, -0.2) is 0 Å². The molecule has 4 nitrogen and oxygen atoms in total. The van der Waals surface area contributed by atoms with Crippen LogP contribution in [0.4, 0.5) is 0 Å². The Morgan fingerprint density at radius 1 is 0.765 bits per heavy atom. The molecule has 0 spiro atoms. The van der Waals surface area contributed by atoms with Crippen LogP contribution in [-0.2, 0) is 19.2 Å². The zero-order valence-corrected chi connectivity index (χ0v) is 10.6. The molecule has 0 heterocycles. The van der Waals surface area contributed by atoms with E-state index in [1.54, 1.807) is 0 Å². The van der Waals surface area contributed by atoms with E-state index < -0.39 is 5.78 Å². The average Bonchev–Trinajstić information content (AvgIpc) is 2.15. The number of Topliss-reactive ketones (excluding diaryl/α,β-unsaturated/α-hetero) is 4. The van der Waals surface area contributed by atoms with Crippen molar-refractivity contribution < 1.29 is 19.2 Å². The number of carbonyl (C=O) groups excluding carboxylic acids is 4. The molecule has 0 rings (SSSR count). The van der Waals surface area contributed by atoms with E-state index in [0.29, 0.717) is 6.42 Å². The first-order valence-electron chi connectivity index (χ1n) is 6.00. The second kappa shape index (κ2) is 8.79. The third kappa shape index (κ3) is 9.60. The monoisotopic (exact) mass is 240 g/mol. The highest BCUT2D eigenvalue weighted by molar-refractivity contribution is 6.10. The van der Waals surface area contributed by atoms with Crippen molar-refractivity contribution in [1.82, 2.24) is 0 Å². The fraction of sp³-hybridized carbons (Fsp3) is 0.692. The summed E-state index contributed by atoms with van der Waals surface area (Å²) in [7, 11) is 0. The van der Waals surface area contributed by atoms with Crippen molar-refractivity contribution in [2.45, 2.75) is 58.8 Å². The second-order valence-corrected chi connectivity index (χ2v) is 4.31. The van der Waals surface area contributed by atoms with Crippen molar-refractivity contribution in [2.24, 2.45) is 0 Å². The van der Waals surface area contributed by atoms with Crippen molar-refractivity contribution in [2.75, 3.05) is 0 Å². The molecule has 0 aliphatic carbocycles. The first-order chi connectivity index (χ1) is 7.95. The summed E-state index contributed by atoms with van der Waals surface area (Å²) in [6, 6.07) is 0. The predicted molar refractivity (Wildman–Crippen MR) is 63.7 cm³/mol. The van der Waals surface area contributed by atoms with Crippen LogP contribution in [-0.4, -0.2) is 23.1 Å². The van der Waals surface area contributed by atoms with Gasteiger partial charge in [0, 0.05) is 6.42 Å². The maximum Gasteiger partial charge on any atom is 0.147 e. The Labute approximate surface area is 102 Å². The molecule has 0 bridgehead atoms. The summed E-state index contributed by atoms with van der Waals surface area (Å²) in [6.07, 6.45) is 2.52. The Bertz CT molecular complexity index is 305. The molecule has 0 unspecified atom stereocenters. The summed E-state index contributed by atoms with van der Waals surface area (Å²) in [4.78, 5) is 44.4. The number of hydrogen-bond donors (Lipinski definition) is 0. The molecule has 0 amide bonds. The van der Waals surface area contributed by atoms with E-state index in [0.717, 1.165) is 19.3 Å². The van der Waals surface area contributed by atoms with Crippen LogP contribution in [0.1, 0.15) is 58.8 Å². The molecular formula is C13H20O4. The molecule has 0 radical (unpaired) electrons. The quantitative estimate of drug-likeness (QED) is 0.433. The van der Waals surface area contributed by atoms with E-state index in [1.807, 2.05) is 6.92 Å². The number of carbonyl (C=O) groups is 4. The Morgan fingerprint density at radius 3 is 1.82 bits per heavy atom. The third-order valence-electron chi connectivity index (χ3n) is 2.29. The molecule has 0 aromatic heterocycles. The topological polar surface area (TPSA) is 68.3 Å². The normalized spacial score (nSPS) is 10.0. The van der Waals surface area contributed by atoms with Gasteiger partial charge in [0.25, 0.3) is 0 Å². The lowest BCUT2D eigenvalue weighted by molar-refractivity contribution is -0.130. The van der Waals surface area contributed by atoms with E-state index in [-0.39, 0.29) is 36.6 Å². The van der Waals surface area contributed by atoms with Crippen LogP contribution in [0.3, 0.4) is 0 Å². The van der Waals surface area contributed by atoms with Crippen LogP contribution in [0.2, 0.25) is 0 Å². The fourth-order valence-electron chi connectivity index (χ4n) is 1.50. The van der Waals surface area contributed by atoms with Gasteiger partial charge in [0.1, 0.15) is 23.1 Å². The van der Waals surface area contributed by atoms with Gasteiger partial charge in [-0.1, -0.05) is 19.8 Å². The standard InChI is InChI=1S/C13H20O4/c1-3-4-5-6-11(15)8-13(17)9-12(16)7-10(2)14/h3-9H2,1-2H3. The van der Waals surface area contributed by atoms with Crippen molar-refractivity contribution in [1.29, 1.82) is 0 Å². The highest BCUT2D eigenvalue weighted by Gasteiger charge is 2.14. The molecular weight excluding hydrogens is 220 g/mol. The molecule has 96 valence electrons. The number of ketones is 4. The van der Waals surface area contributed by atoms with Gasteiger partial charge in [0.05, 0.1) is 19.3 Å². The molecule has 0 aliphatic rings. The Balaban J connectivity index is 3.81. The first-order valence-corrected chi connectivity index (χ1v) is 6.00. The van der Waals surface area contributed by atoms with Crippen LogP contribution < -0.4 is 0 Å². The smallest absolute Gasteiger partial charge is 0.147 e. The molecule has 0 atom stereocenters. The Morgan fingerprint density at radius 2 is 1.29 bits per heavy atom. The summed E-state index contributed by atoms with van der Waals surface area (Å²) in [5.74, 6) is -1.14. The summed E-state index contributed by atoms with van der Waals surface area (Å²) in [5.41, 5.74) is 0. The van der Waals surface area contributed by atoms with Crippen LogP contribution >= 0.6 is 0 Å². The molecule has 0 saturated carbocycles. The van der Waals surface area contributed by atoms with Crippen molar-refractivity contribution in [3.8, 4) is 0 Å². The van der Waals surface area contributed by atoms with Gasteiger partial charge in [0.15, 0.2) is 0 Å². The molecule has 4 heteroatoms. The summed E-state index contributed by atoms with van der Waals surface area (Å²) in [5, 5.41) is 0. The molecule has 0 aliphatic heterocycles. The zero-order valence-electron chi connectivity index (χ0n) is 10.6. The second-order valence-electron chi connectivity index (χ2n) is 4.31. The van der Waals surface area contributed by atoms with Crippen LogP contribution in [0.5, 0.6) is 0 Å². The van der Waals surface area contributed by atoms with E-state index in [9.17, 15) is 19.2 Å². The maximum absolute atomic E-state index is 11.3. The SMILES string of the molecule is CCCCCC(=O)CC(=O)CC(=O)CC(C)=O. The zero-order chi connectivity index (χ0) is 13.3. The van der Waals surface area contributed by atoms with E-state index in [2.05, 4.69) is 0 Å². The average molecular weight is 240 g/mol. The van der Waals surface area contributed by atoms with Crippen molar-refractivity contribution in [3.05, 3.63) is 0 Å².